The van der Waals surface area contributed by atoms with E-state index in [0.29, 0.717) is 12.2 Å². The lowest BCUT2D eigenvalue weighted by molar-refractivity contribution is 0.0746. The number of ether oxygens (including phenoxy) is 2. The lowest BCUT2D eigenvalue weighted by Gasteiger charge is -2.36. The van der Waals surface area contributed by atoms with E-state index >= 15 is 0 Å². The highest BCUT2D eigenvalue weighted by atomic mass is 16.5. The molecule has 28 heavy (non-hydrogen) atoms. The number of hydrogen-bond acceptors (Lipinski definition) is 4. The second-order valence-corrected chi connectivity index (χ2v) is 7.05. The topological polar surface area (TPSA) is 42.0 Å². The Morgan fingerprint density at radius 1 is 1.04 bits per heavy atom. The molecule has 0 spiro atoms. The first kappa shape index (κ1) is 20.2. The number of carbonyl (C=O) groups excluding carboxylic acids is 1. The van der Waals surface area contributed by atoms with Crippen molar-refractivity contribution in [2.75, 3.05) is 44.8 Å². The largest absolute Gasteiger partial charge is 0.496 e. The normalized spacial score (nSPS) is 14.2. The smallest absolute Gasteiger partial charge is 0.253 e. The second kappa shape index (κ2) is 10.1. The molecule has 5 nitrogen and oxygen atoms in total. The molecule has 5 heteroatoms. The first-order chi connectivity index (χ1) is 13.7. The van der Waals surface area contributed by atoms with E-state index in [1.165, 1.54) is 5.69 Å². The van der Waals surface area contributed by atoms with Crippen LogP contribution < -0.4 is 9.64 Å². The van der Waals surface area contributed by atoms with Crippen LogP contribution in [0.5, 0.6) is 5.75 Å². The van der Waals surface area contributed by atoms with Crippen molar-refractivity contribution in [2.45, 2.75) is 26.4 Å². The molecule has 0 radical (unpaired) electrons. The highest BCUT2D eigenvalue weighted by molar-refractivity contribution is 5.94. The lowest BCUT2D eigenvalue weighted by Crippen LogP contribution is -2.48. The summed E-state index contributed by atoms with van der Waals surface area (Å²) >= 11 is 0. The third-order valence-electron chi connectivity index (χ3n) is 5.12. The van der Waals surface area contributed by atoms with Crippen molar-refractivity contribution < 1.29 is 14.3 Å². The van der Waals surface area contributed by atoms with Gasteiger partial charge in [-0.3, -0.25) is 4.79 Å². The van der Waals surface area contributed by atoms with Gasteiger partial charge in [-0.2, -0.15) is 0 Å². The molecule has 3 rings (SSSR count). The Bertz CT molecular complexity index is 756. The Labute approximate surface area is 167 Å². The number of methoxy groups -OCH3 is 1. The summed E-state index contributed by atoms with van der Waals surface area (Å²) in [7, 11) is 1.65. The Kier molecular flexibility index (Phi) is 7.31. The Morgan fingerprint density at radius 2 is 1.79 bits per heavy atom. The number of hydrogen-bond donors (Lipinski definition) is 0. The van der Waals surface area contributed by atoms with Gasteiger partial charge in [-0.05, 0) is 36.8 Å². The van der Waals surface area contributed by atoms with Crippen molar-refractivity contribution in [1.29, 1.82) is 0 Å². The third-order valence-corrected chi connectivity index (χ3v) is 5.12. The summed E-state index contributed by atoms with van der Waals surface area (Å²) in [5.74, 6) is 0.840. The second-order valence-electron chi connectivity index (χ2n) is 7.05. The van der Waals surface area contributed by atoms with E-state index in [0.717, 1.165) is 56.9 Å². The van der Waals surface area contributed by atoms with Crippen LogP contribution in [0.25, 0.3) is 0 Å². The molecule has 0 aromatic heterocycles. The van der Waals surface area contributed by atoms with E-state index in [4.69, 9.17) is 9.47 Å². The number of carbonyl (C=O) groups is 1. The molecule has 0 unspecified atom stereocenters. The number of anilines is 1. The van der Waals surface area contributed by atoms with Crippen LogP contribution in [0.15, 0.2) is 48.5 Å². The zero-order valence-electron chi connectivity index (χ0n) is 16.9. The van der Waals surface area contributed by atoms with Crippen molar-refractivity contribution in [3.63, 3.8) is 0 Å². The number of piperazine rings is 1. The van der Waals surface area contributed by atoms with Crippen LogP contribution in [0.3, 0.4) is 0 Å². The fourth-order valence-corrected chi connectivity index (χ4v) is 3.44. The van der Waals surface area contributed by atoms with Gasteiger partial charge in [0.25, 0.3) is 5.91 Å². The van der Waals surface area contributed by atoms with Gasteiger partial charge in [-0.15, -0.1) is 0 Å². The minimum atomic E-state index is 0.0742. The molecule has 0 N–H and O–H groups in total. The maximum atomic E-state index is 13.0. The molecule has 1 aliphatic heterocycles. The standard InChI is InChI=1S/C23H30N2O3/c1-3-4-16-28-18-20-17-19(10-11-22(20)27-2)23(26)25-14-12-24(13-15-25)21-8-6-5-7-9-21/h5-11,17H,3-4,12-16,18H2,1-2H3. The first-order valence-corrected chi connectivity index (χ1v) is 10.1. The van der Waals surface area contributed by atoms with Crippen LogP contribution >= 0.6 is 0 Å². The molecular formula is C23H30N2O3. The van der Waals surface area contributed by atoms with Crippen molar-refractivity contribution >= 4 is 11.6 Å². The maximum absolute atomic E-state index is 13.0. The highest BCUT2D eigenvalue weighted by Crippen LogP contribution is 2.23. The Hall–Kier alpha value is -2.53. The summed E-state index contributed by atoms with van der Waals surface area (Å²) in [4.78, 5) is 17.3. The summed E-state index contributed by atoms with van der Waals surface area (Å²) in [6.07, 6.45) is 2.14. The van der Waals surface area contributed by atoms with Crippen LogP contribution in [0.2, 0.25) is 0 Å². The van der Waals surface area contributed by atoms with Gasteiger partial charge >= 0.3 is 0 Å². The maximum Gasteiger partial charge on any atom is 0.253 e. The van der Waals surface area contributed by atoms with E-state index in [-0.39, 0.29) is 5.91 Å². The SMILES string of the molecule is CCCCOCc1cc(C(=O)N2CCN(c3ccccc3)CC2)ccc1OC. The summed E-state index contributed by atoms with van der Waals surface area (Å²) < 4.78 is 11.2. The van der Waals surface area contributed by atoms with Crippen molar-refractivity contribution in [3.05, 3.63) is 59.7 Å². The van der Waals surface area contributed by atoms with Crippen LogP contribution in [0.4, 0.5) is 5.69 Å². The molecule has 0 atom stereocenters. The van der Waals surface area contributed by atoms with Crippen molar-refractivity contribution in [3.8, 4) is 5.75 Å². The van der Waals surface area contributed by atoms with E-state index in [2.05, 4.69) is 24.0 Å². The fraction of sp³-hybridized carbons (Fsp3) is 0.435. The summed E-state index contributed by atoms with van der Waals surface area (Å²) in [6, 6.07) is 16.0. The summed E-state index contributed by atoms with van der Waals surface area (Å²) in [6.45, 7) is 6.47. The fourth-order valence-electron chi connectivity index (χ4n) is 3.44. The Morgan fingerprint density at radius 3 is 2.46 bits per heavy atom. The van der Waals surface area contributed by atoms with E-state index in [1.54, 1.807) is 7.11 Å². The van der Waals surface area contributed by atoms with Gasteiger partial charge in [-0.25, -0.2) is 0 Å². The monoisotopic (exact) mass is 382 g/mol. The number of amides is 1. The molecule has 150 valence electrons. The quantitative estimate of drug-likeness (QED) is 0.648. The van der Waals surface area contributed by atoms with Crippen LogP contribution in [-0.2, 0) is 11.3 Å². The molecule has 0 aliphatic carbocycles. The molecule has 0 bridgehead atoms. The minimum absolute atomic E-state index is 0.0742. The number of para-hydroxylation sites is 1. The van der Waals surface area contributed by atoms with Crippen LogP contribution in [-0.4, -0.2) is 50.7 Å². The first-order valence-electron chi connectivity index (χ1n) is 10.1. The molecule has 2 aromatic rings. The minimum Gasteiger partial charge on any atom is -0.496 e. The zero-order valence-corrected chi connectivity index (χ0v) is 16.9. The molecule has 1 fully saturated rings. The molecule has 1 amide bonds. The average molecular weight is 383 g/mol. The van der Waals surface area contributed by atoms with Crippen LogP contribution in [0.1, 0.15) is 35.7 Å². The lowest BCUT2D eigenvalue weighted by atomic mass is 10.1. The summed E-state index contributed by atoms with van der Waals surface area (Å²) in [5, 5.41) is 0. The number of nitrogens with zero attached hydrogens (tertiary/aromatic N) is 2. The van der Waals surface area contributed by atoms with Gasteiger partial charge < -0.3 is 19.3 Å². The predicted molar refractivity (Wildman–Crippen MR) is 112 cm³/mol. The van der Waals surface area contributed by atoms with Gasteiger partial charge in [0, 0.05) is 49.6 Å². The molecule has 0 saturated carbocycles. The van der Waals surface area contributed by atoms with Crippen molar-refractivity contribution in [2.24, 2.45) is 0 Å². The van der Waals surface area contributed by atoms with Crippen LogP contribution in [0, 0.1) is 0 Å². The highest BCUT2D eigenvalue weighted by Gasteiger charge is 2.23. The molecular weight excluding hydrogens is 352 g/mol. The third kappa shape index (κ3) is 5.04. The van der Waals surface area contributed by atoms with Gasteiger partial charge in [0.05, 0.1) is 13.7 Å². The number of benzene rings is 2. The molecule has 2 aromatic carbocycles. The van der Waals surface area contributed by atoms with E-state index in [9.17, 15) is 4.79 Å². The number of rotatable bonds is 8. The average Bonchev–Trinajstić information content (AvgIpc) is 2.77. The molecule has 1 saturated heterocycles. The van der Waals surface area contributed by atoms with Gasteiger partial charge in [-0.1, -0.05) is 31.5 Å². The Balaban J connectivity index is 1.62. The molecule has 1 heterocycles. The van der Waals surface area contributed by atoms with Gasteiger partial charge in [0.15, 0.2) is 0 Å². The van der Waals surface area contributed by atoms with E-state index < -0.39 is 0 Å². The molecule has 1 aliphatic rings. The summed E-state index contributed by atoms with van der Waals surface area (Å²) in [5.41, 5.74) is 2.83. The zero-order chi connectivity index (χ0) is 19.8. The van der Waals surface area contributed by atoms with Gasteiger partial charge in [0.2, 0.25) is 0 Å². The van der Waals surface area contributed by atoms with E-state index in [1.807, 2.05) is 41.3 Å². The number of unbranched alkanes of at least 4 members (excludes halogenated alkanes) is 1. The van der Waals surface area contributed by atoms with Gasteiger partial charge in [0.1, 0.15) is 5.75 Å². The predicted octanol–water partition coefficient (Wildman–Crippen LogP) is 3.97. The van der Waals surface area contributed by atoms with Crippen molar-refractivity contribution in [1.82, 2.24) is 4.90 Å².